The monoisotopic (exact) mass is 475 g/mol. The topological polar surface area (TPSA) is 54.8 Å². The molecule has 0 aliphatic rings. The summed E-state index contributed by atoms with van der Waals surface area (Å²) in [4.78, 5) is 18.5. The van der Waals surface area contributed by atoms with E-state index in [1.165, 1.54) is 27.7 Å². The molecule has 0 atom stereocenters. The largest absolute Gasteiger partial charge is 0.482 e. The van der Waals surface area contributed by atoms with Gasteiger partial charge in [-0.1, -0.05) is 46.7 Å². The molecular formula is C21H15Cl2N3O2S2. The summed E-state index contributed by atoms with van der Waals surface area (Å²) in [6, 6.07) is 14.6. The first kappa shape index (κ1) is 20.8. The quantitative estimate of drug-likeness (QED) is 0.238. The molecule has 0 unspecified atom stereocenters. The molecule has 0 fully saturated rings. The van der Waals surface area contributed by atoms with Crippen LogP contribution in [-0.2, 0) is 4.79 Å². The fourth-order valence-electron chi connectivity index (χ4n) is 2.60. The number of thiazole rings is 1. The fraction of sp³-hybridized carbons (Fsp3) is 0.0952. The van der Waals surface area contributed by atoms with E-state index in [4.69, 9.17) is 27.9 Å². The average Bonchev–Trinajstić information content (AvgIpc) is 3.37. The number of carbonyl (C=O) groups is 1. The lowest BCUT2D eigenvalue weighted by atomic mass is 10.2. The van der Waals surface area contributed by atoms with Crippen molar-refractivity contribution >= 4 is 73.3 Å². The molecule has 0 aliphatic heterocycles. The van der Waals surface area contributed by atoms with Crippen molar-refractivity contribution in [1.29, 1.82) is 0 Å². The zero-order valence-electron chi connectivity index (χ0n) is 15.7. The third-order valence-electron chi connectivity index (χ3n) is 4.04. The molecule has 0 radical (unpaired) electrons. The van der Waals surface area contributed by atoms with Gasteiger partial charge in [-0.15, -0.1) is 11.3 Å². The Hall–Kier alpha value is -2.45. The number of carbonyl (C=O) groups excluding carboxylic acids is 1. The molecule has 2 heterocycles. The molecule has 1 amide bonds. The second kappa shape index (κ2) is 9.14. The summed E-state index contributed by atoms with van der Waals surface area (Å²) in [5.41, 5.74) is 1.93. The predicted molar refractivity (Wildman–Crippen MR) is 126 cm³/mol. The third kappa shape index (κ3) is 4.82. The van der Waals surface area contributed by atoms with Gasteiger partial charge in [0, 0.05) is 9.90 Å². The van der Waals surface area contributed by atoms with Gasteiger partial charge in [0.05, 0.1) is 21.5 Å². The van der Waals surface area contributed by atoms with E-state index in [9.17, 15) is 4.79 Å². The van der Waals surface area contributed by atoms with Crippen LogP contribution in [0.15, 0.2) is 59.0 Å². The van der Waals surface area contributed by atoms with Gasteiger partial charge in [-0.25, -0.2) is 4.98 Å². The van der Waals surface area contributed by atoms with Crippen LogP contribution in [0.25, 0.3) is 10.2 Å². The molecule has 0 aliphatic carbocycles. The van der Waals surface area contributed by atoms with Crippen molar-refractivity contribution in [2.24, 2.45) is 5.10 Å². The lowest BCUT2D eigenvalue weighted by molar-refractivity contribution is -0.120. The van der Waals surface area contributed by atoms with Crippen LogP contribution >= 0.6 is 45.9 Å². The third-order valence-corrected chi connectivity index (χ3v) is 6.37. The lowest BCUT2D eigenvalue weighted by Crippen LogP contribution is -2.30. The van der Waals surface area contributed by atoms with Gasteiger partial charge in [0.1, 0.15) is 5.75 Å². The molecule has 30 heavy (non-hydrogen) atoms. The highest BCUT2D eigenvalue weighted by Crippen LogP contribution is 2.31. The van der Waals surface area contributed by atoms with E-state index in [-0.39, 0.29) is 12.5 Å². The number of rotatable bonds is 6. The van der Waals surface area contributed by atoms with Crippen LogP contribution in [-0.4, -0.2) is 23.7 Å². The number of fused-ring (bicyclic) bond motifs is 1. The predicted octanol–water partition coefficient (Wildman–Crippen LogP) is 6.42. The van der Waals surface area contributed by atoms with Gasteiger partial charge in [-0.2, -0.15) is 10.1 Å². The van der Waals surface area contributed by atoms with Crippen molar-refractivity contribution in [3.8, 4) is 5.75 Å². The summed E-state index contributed by atoms with van der Waals surface area (Å²) < 4.78 is 6.59. The van der Waals surface area contributed by atoms with Crippen molar-refractivity contribution in [3.05, 3.63) is 74.4 Å². The number of ether oxygens (including phenoxy) is 1. The van der Waals surface area contributed by atoms with Crippen molar-refractivity contribution in [2.75, 3.05) is 11.6 Å². The zero-order chi connectivity index (χ0) is 21.1. The van der Waals surface area contributed by atoms with E-state index in [0.29, 0.717) is 20.9 Å². The van der Waals surface area contributed by atoms with Gasteiger partial charge in [-0.3, -0.25) is 4.79 Å². The number of aryl methyl sites for hydroxylation is 1. The summed E-state index contributed by atoms with van der Waals surface area (Å²) >= 11 is 15.0. The first-order valence-electron chi connectivity index (χ1n) is 8.85. The Kier molecular flexibility index (Phi) is 6.34. The van der Waals surface area contributed by atoms with Crippen molar-refractivity contribution < 1.29 is 9.53 Å². The van der Waals surface area contributed by atoms with E-state index in [1.807, 2.05) is 42.6 Å². The van der Waals surface area contributed by atoms with Crippen LogP contribution in [0.1, 0.15) is 10.4 Å². The number of anilines is 1. The number of halogens is 2. The Morgan fingerprint density at radius 3 is 2.87 bits per heavy atom. The number of amides is 1. The van der Waals surface area contributed by atoms with Gasteiger partial charge < -0.3 is 4.74 Å². The van der Waals surface area contributed by atoms with Crippen LogP contribution in [0.4, 0.5) is 5.13 Å². The van der Waals surface area contributed by atoms with E-state index >= 15 is 0 Å². The number of thiophene rings is 1. The van der Waals surface area contributed by atoms with Gasteiger partial charge in [0.2, 0.25) is 5.13 Å². The normalized spacial score (nSPS) is 11.3. The van der Waals surface area contributed by atoms with Crippen LogP contribution < -0.4 is 9.75 Å². The van der Waals surface area contributed by atoms with Crippen LogP contribution in [0.3, 0.4) is 0 Å². The molecule has 9 heteroatoms. The molecule has 0 N–H and O–H groups in total. The number of benzene rings is 2. The van der Waals surface area contributed by atoms with Crippen LogP contribution in [0.2, 0.25) is 10.0 Å². The average molecular weight is 476 g/mol. The Bertz CT molecular complexity index is 1220. The number of hydrogen-bond acceptors (Lipinski definition) is 6. The summed E-state index contributed by atoms with van der Waals surface area (Å²) in [5, 5.41) is 8.89. The number of hydrogen-bond donors (Lipinski definition) is 0. The fourth-order valence-corrected chi connectivity index (χ4v) is 4.68. The Balaban J connectivity index is 1.60. The highest BCUT2D eigenvalue weighted by atomic mass is 35.5. The second-order valence-corrected chi connectivity index (χ2v) is 9.13. The number of hydrazone groups is 1. The van der Waals surface area contributed by atoms with Gasteiger partial charge in [-0.05, 0) is 54.3 Å². The number of nitrogens with zero attached hydrogens (tertiary/aromatic N) is 3. The molecule has 4 aromatic rings. The van der Waals surface area contributed by atoms with Crippen LogP contribution in [0, 0.1) is 6.92 Å². The van der Waals surface area contributed by atoms with Gasteiger partial charge in [0.25, 0.3) is 5.91 Å². The minimum atomic E-state index is -0.371. The van der Waals surface area contributed by atoms with E-state index in [2.05, 4.69) is 10.1 Å². The summed E-state index contributed by atoms with van der Waals surface area (Å²) in [6.07, 6.45) is 1.63. The second-order valence-electron chi connectivity index (χ2n) is 6.30. The molecule has 2 aromatic carbocycles. The Labute approximate surface area is 191 Å². The Morgan fingerprint density at radius 2 is 2.10 bits per heavy atom. The number of aromatic nitrogens is 1. The maximum Gasteiger partial charge on any atom is 0.287 e. The maximum absolute atomic E-state index is 13.0. The van der Waals surface area contributed by atoms with E-state index in [1.54, 1.807) is 24.4 Å². The molecule has 0 spiro atoms. The maximum atomic E-state index is 13.0. The highest BCUT2D eigenvalue weighted by Gasteiger charge is 2.20. The first-order valence-corrected chi connectivity index (χ1v) is 11.3. The molecule has 2 aromatic heterocycles. The van der Waals surface area contributed by atoms with Gasteiger partial charge in [0.15, 0.2) is 6.61 Å². The summed E-state index contributed by atoms with van der Waals surface area (Å²) in [7, 11) is 0. The van der Waals surface area contributed by atoms with E-state index < -0.39 is 0 Å². The minimum Gasteiger partial charge on any atom is -0.482 e. The highest BCUT2D eigenvalue weighted by molar-refractivity contribution is 7.22. The summed E-state index contributed by atoms with van der Waals surface area (Å²) in [6.45, 7) is 1.76. The minimum absolute atomic E-state index is 0.252. The molecule has 0 bridgehead atoms. The van der Waals surface area contributed by atoms with Crippen molar-refractivity contribution in [3.63, 3.8) is 0 Å². The molecular weight excluding hydrogens is 461 g/mol. The summed E-state index contributed by atoms with van der Waals surface area (Å²) in [5.74, 6) is 0.00104. The van der Waals surface area contributed by atoms with Crippen molar-refractivity contribution in [2.45, 2.75) is 6.92 Å². The SMILES string of the molecule is Cc1ccc2nc(N(/N=C/c3cccs3)C(=O)COc3ccc(Cl)cc3Cl)sc2c1. The lowest BCUT2D eigenvalue weighted by Gasteiger charge is -2.14. The van der Waals surface area contributed by atoms with E-state index in [0.717, 1.165) is 20.7 Å². The standard InChI is InChI=1S/C21H15Cl2N3O2S2/c1-13-4-6-17-19(9-13)30-21(25-17)26(24-11-15-3-2-8-29-15)20(27)12-28-18-7-5-14(22)10-16(18)23/h2-11H,12H2,1H3/b24-11+. The molecule has 0 saturated heterocycles. The molecule has 0 saturated carbocycles. The Morgan fingerprint density at radius 1 is 1.23 bits per heavy atom. The van der Waals surface area contributed by atoms with Crippen molar-refractivity contribution in [1.82, 2.24) is 4.98 Å². The van der Waals surface area contributed by atoms with Gasteiger partial charge >= 0.3 is 0 Å². The smallest absolute Gasteiger partial charge is 0.287 e. The molecule has 5 nitrogen and oxygen atoms in total. The first-order chi connectivity index (χ1) is 14.5. The zero-order valence-corrected chi connectivity index (χ0v) is 18.9. The molecule has 152 valence electrons. The van der Waals surface area contributed by atoms with Crippen LogP contribution in [0.5, 0.6) is 5.75 Å². The molecule has 4 rings (SSSR count).